The van der Waals surface area contributed by atoms with Crippen LogP contribution in [0.3, 0.4) is 0 Å². The van der Waals surface area contributed by atoms with Crippen LogP contribution in [0.4, 0.5) is 0 Å². The maximum atomic E-state index is 6.86. The number of nitrogens with zero attached hydrogens (tertiary/aromatic N) is 1. The highest BCUT2D eigenvalue weighted by Crippen LogP contribution is 2.43. The third-order valence-corrected chi connectivity index (χ3v) is 10.1. The third kappa shape index (κ3) is 6.83. The van der Waals surface area contributed by atoms with E-state index in [1.807, 2.05) is 48.7 Å². The summed E-state index contributed by atoms with van der Waals surface area (Å²) >= 11 is 0. The molecule has 2 heterocycles. The normalized spacial score (nSPS) is 11.4. The van der Waals surface area contributed by atoms with Gasteiger partial charge in [-0.15, -0.1) is 0 Å². The molecule has 0 radical (unpaired) electrons. The Kier molecular flexibility index (Phi) is 9.31. The maximum Gasteiger partial charge on any atom is 0.143 e. The van der Waals surface area contributed by atoms with Crippen LogP contribution in [0.5, 0.6) is 0 Å². The largest absolute Gasteiger partial charge is 0.456 e. The number of hydrogen-bond acceptors (Lipinski definition) is 4. The van der Waals surface area contributed by atoms with Crippen molar-refractivity contribution >= 4 is 50.1 Å². The van der Waals surface area contributed by atoms with Gasteiger partial charge in [0.05, 0.1) is 6.54 Å². The molecule has 0 fully saturated rings. The smallest absolute Gasteiger partial charge is 0.143 e. The van der Waals surface area contributed by atoms with Crippen molar-refractivity contribution in [3.8, 4) is 33.4 Å². The average molecular weight is 711 g/mol. The van der Waals surface area contributed by atoms with Crippen molar-refractivity contribution in [2.24, 2.45) is 10.7 Å². The molecule has 0 saturated carbocycles. The van der Waals surface area contributed by atoms with Gasteiger partial charge in [-0.3, -0.25) is 4.99 Å². The van der Waals surface area contributed by atoms with Gasteiger partial charge in [0, 0.05) is 51.0 Å². The number of benzene rings is 8. The molecule has 0 bridgehead atoms. The van der Waals surface area contributed by atoms with Crippen LogP contribution in [0.25, 0.3) is 77.3 Å². The van der Waals surface area contributed by atoms with E-state index in [1.165, 1.54) is 11.1 Å². The van der Waals surface area contributed by atoms with Crippen LogP contribution >= 0.6 is 0 Å². The lowest BCUT2D eigenvalue weighted by molar-refractivity contribution is 0.668. The fraction of sp³-hybridized carbons (Fsp3) is 0.0392. The van der Waals surface area contributed by atoms with Crippen LogP contribution in [0.1, 0.15) is 16.7 Å². The minimum Gasteiger partial charge on any atom is -0.456 e. The summed E-state index contributed by atoms with van der Waals surface area (Å²) in [6, 6.07) is 64.9. The molecule has 0 amide bonds. The Morgan fingerprint density at radius 3 is 1.76 bits per heavy atom. The van der Waals surface area contributed by atoms with Gasteiger partial charge < -0.3 is 14.6 Å². The standard InChI is InChI=1S/C38H27NO.C13H11NO/c1-5-13-27(14-6-1)25-39-26-31-21-22-33(29-17-9-3-10-18-29)38-36(31)35-24-32(28-15-7-2-8-16-28)23-34(37(35)40-38)30-19-11-4-12-20-30;14-8-9-5-6-11-10-3-1-2-4-12(10)15-13(11)7-9/h1-24,26H,25H2;1-7H,8,14H2. The van der Waals surface area contributed by atoms with E-state index in [1.54, 1.807) is 0 Å². The molecule has 4 nitrogen and oxygen atoms in total. The lowest BCUT2D eigenvalue weighted by Gasteiger charge is -2.08. The molecule has 2 aromatic heterocycles. The molecule has 55 heavy (non-hydrogen) atoms. The highest BCUT2D eigenvalue weighted by Gasteiger charge is 2.20. The maximum absolute atomic E-state index is 6.86. The van der Waals surface area contributed by atoms with Crippen molar-refractivity contribution in [1.29, 1.82) is 0 Å². The number of hydrogen-bond donors (Lipinski definition) is 1. The van der Waals surface area contributed by atoms with E-state index < -0.39 is 0 Å². The summed E-state index contributed by atoms with van der Waals surface area (Å²) < 4.78 is 12.6. The van der Waals surface area contributed by atoms with Crippen molar-refractivity contribution in [2.75, 3.05) is 0 Å². The molecule has 2 N–H and O–H groups in total. The number of aliphatic imine (C=N–C) groups is 1. The zero-order valence-corrected chi connectivity index (χ0v) is 30.2. The molecule has 10 rings (SSSR count). The average Bonchev–Trinajstić information content (AvgIpc) is 3.84. The number of para-hydroxylation sites is 1. The first-order valence-corrected chi connectivity index (χ1v) is 18.6. The van der Waals surface area contributed by atoms with Crippen molar-refractivity contribution in [2.45, 2.75) is 13.1 Å². The van der Waals surface area contributed by atoms with Crippen molar-refractivity contribution < 1.29 is 8.83 Å². The van der Waals surface area contributed by atoms with Crippen LogP contribution in [0.2, 0.25) is 0 Å². The van der Waals surface area contributed by atoms with E-state index in [4.69, 9.17) is 19.6 Å². The summed E-state index contributed by atoms with van der Waals surface area (Å²) in [4.78, 5) is 4.85. The predicted octanol–water partition coefficient (Wildman–Crippen LogP) is 13.3. The lowest BCUT2D eigenvalue weighted by atomic mass is 9.94. The van der Waals surface area contributed by atoms with Crippen LogP contribution in [0.15, 0.2) is 202 Å². The molecule has 0 spiro atoms. The summed E-state index contributed by atoms with van der Waals surface area (Å²) in [5, 5.41) is 4.50. The van der Waals surface area contributed by atoms with Gasteiger partial charge in [-0.25, -0.2) is 0 Å². The molecule has 0 aliphatic carbocycles. The summed E-state index contributed by atoms with van der Waals surface area (Å²) in [5.74, 6) is 0. The Balaban J connectivity index is 0.000000220. The van der Waals surface area contributed by atoms with E-state index >= 15 is 0 Å². The first-order valence-electron chi connectivity index (χ1n) is 18.6. The molecule has 0 unspecified atom stereocenters. The predicted molar refractivity (Wildman–Crippen MR) is 229 cm³/mol. The van der Waals surface area contributed by atoms with Crippen LogP contribution in [-0.4, -0.2) is 6.21 Å². The molecule has 10 aromatic rings. The second-order valence-electron chi connectivity index (χ2n) is 13.6. The topological polar surface area (TPSA) is 64.7 Å². The van der Waals surface area contributed by atoms with Gasteiger partial charge in [0.25, 0.3) is 0 Å². The number of nitrogens with two attached hydrogens (primary N) is 1. The van der Waals surface area contributed by atoms with E-state index in [2.05, 4.69) is 146 Å². The minimum absolute atomic E-state index is 0.549. The van der Waals surface area contributed by atoms with Crippen molar-refractivity contribution in [3.63, 3.8) is 0 Å². The zero-order valence-electron chi connectivity index (χ0n) is 30.2. The number of rotatable bonds is 7. The highest BCUT2D eigenvalue weighted by atomic mass is 16.3. The molecule has 8 aromatic carbocycles. The fourth-order valence-corrected chi connectivity index (χ4v) is 7.32. The second kappa shape index (κ2) is 15.2. The molecule has 0 saturated heterocycles. The molecule has 4 heteroatoms. The van der Waals surface area contributed by atoms with Crippen molar-refractivity contribution in [1.82, 2.24) is 0 Å². The van der Waals surface area contributed by atoms with Gasteiger partial charge in [0.15, 0.2) is 0 Å². The van der Waals surface area contributed by atoms with Crippen LogP contribution in [-0.2, 0) is 13.1 Å². The van der Waals surface area contributed by atoms with Crippen LogP contribution in [0, 0.1) is 0 Å². The second-order valence-corrected chi connectivity index (χ2v) is 13.6. The summed E-state index contributed by atoms with van der Waals surface area (Å²) in [6.07, 6.45) is 2.00. The molecule has 0 atom stereocenters. The Morgan fingerprint density at radius 2 is 1.05 bits per heavy atom. The van der Waals surface area contributed by atoms with Gasteiger partial charge in [0.1, 0.15) is 22.3 Å². The van der Waals surface area contributed by atoms with Crippen molar-refractivity contribution in [3.05, 3.63) is 205 Å². The van der Waals surface area contributed by atoms with Gasteiger partial charge >= 0.3 is 0 Å². The first-order chi connectivity index (χ1) is 27.2. The Labute approximate surface area is 319 Å². The third-order valence-electron chi connectivity index (χ3n) is 10.1. The Bertz CT molecular complexity index is 2910. The zero-order chi connectivity index (χ0) is 37.0. The first kappa shape index (κ1) is 33.8. The molecule has 0 aliphatic rings. The van der Waals surface area contributed by atoms with Gasteiger partial charge in [-0.05, 0) is 63.7 Å². The highest BCUT2D eigenvalue weighted by molar-refractivity contribution is 6.19. The van der Waals surface area contributed by atoms with E-state index in [9.17, 15) is 0 Å². The number of furan rings is 2. The lowest BCUT2D eigenvalue weighted by Crippen LogP contribution is -1.94. The molecular formula is C51H38N2O2. The SMILES string of the molecule is C(=NCc1ccccc1)c1ccc(-c2ccccc2)c2oc3c(-c4ccccc4)cc(-c4ccccc4)cc3c12.NCc1ccc2c(c1)oc1ccccc12. The van der Waals surface area contributed by atoms with Gasteiger partial charge in [-0.1, -0.05) is 158 Å². The molecule has 264 valence electrons. The molecular weight excluding hydrogens is 673 g/mol. The van der Waals surface area contributed by atoms with E-state index in [0.717, 1.165) is 82.8 Å². The Hall–Kier alpha value is -7.01. The summed E-state index contributed by atoms with van der Waals surface area (Å²) in [6.45, 7) is 1.18. The fourth-order valence-electron chi connectivity index (χ4n) is 7.32. The summed E-state index contributed by atoms with van der Waals surface area (Å²) in [7, 11) is 0. The van der Waals surface area contributed by atoms with E-state index in [-0.39, 0.29) is 0 Å². The summed E-state index contributed by atoms with van der Waals surface area (Å²) in [5.41, 5.74) is 19.3. The van der Waals surface area contributed by atoms with Crippen LogP contribution < -0.4 is 5.73 Å². The monoisotopic (exact) mass is 710 g/mol. The van der Waals surface area contributed by atoms with E-state index in [0.29, 0.717) is 13.1 Å². The Morgan fingerprint density at radius 1 is 0.436 bits per heavy atom. The molecule has 0 aliphatic heterocycles. The number of fused-ring (bicyclic) bond motifs is 6. The van der Waals surface area contributed by atoms with Gasteiger partial charge in [-0.2, -0.15) is 0 Å². The van der Waals surface area contributed by atoms with Gasteiger partial charge in [0.2, 0.25) is 0 Å². The quantitative estimate of drug-likeness (QED) is 0.167. The minimum atomic E-state index is 0.549.